The zero-order chi connectivity index (χ0) is 19.4. The van der Waals surface area contributed by atoms with E-state index in [0.29, 0.717) is 12.3 Å². The minimum absolute atomic E-state index is 0.0400. The summed E-state index contributed by atoms with van der Waals surface area (Å²) in [5.41, 5.74) is 4.86. The second-order valence-electron chi connectivity index (χ2n) is 6.81. The summed E-state index contributed by atoms with van der Waals surface area (Å²) in [6.07, 6.45) is 0.856. The van der Waals surface area contributed by atoms with E-state index in [1.807, 2.05) is 63.2 Å². The van der Waals surface area contributed by atoms with Crippen LogP contribution in [-0.2, 0) is 9.59 Å². The predicted molar refractivity (Wildman–Crippen MR) is 105 cm³/mol. The van der Waals surface area contributed by atoms with Gasteiger partial charge in [-0.3, -0.25) is 9.59 Å². The quantitative estimate of drug-likeness (QED) is 0.596. The lowest BCUT2D eigenvalue weighted by atomic mass is 10.1. The van der Waals surface area contributed by atoms with Crippen LogP contribution in [-0.4, -0.2) is 29.1 Å². The molecule has 0 unspecified atom stereocenters. The molecule has 5 nitrogen and oxygen atoms in total. The molecule has 2 aromatic carbocycles. The zero-order valence-electron chi connectivity index (χ0n) is 16.0. The molecular weight excluding hydrogens is 340 g/mol. The van der Waals surface area contributed by atoms with E-state index in [-0.39, 0.29) is 18.7 Å². The van der Waals surface area contributed by atoms with Crippen molar-refractivity contribution >= 4 is 17.6 Å². The molecule has 1 heterocycles. The second-order valence-corrected chi connectivity index (χ2v) is 6.81. The third kappa shape index (κ3) is 4.42. The van der Waals surface area contributed by atoms with Crippen LogP contribution in [0.4, 0.5) is 0 Å². The molecule has 27 heavy (non-hydrogen) atoms. The van der Waals surface area contributed by atoms with Crippen LogP contribution < -0.4 is 4.74 Å². The predicted octanol–water partition coefficient (Wildman–Crippen LogP) is 3.93. The number of amides is 1. The SMILES string of the molecule is Cc1ccc(C)c(OC(=O)CCC(=O)N2CCC(c3ccccc3)=N2)c1C. The van der Waals surface area contributed by atoms with E-state index in [2.05, 4.69) is 5.10 Å². The Hall–Kier alpha value is -2.95. The lowest BCUT2D eigenvalue weighted by Crippen LogP contribution is -2.24. The van der Waals surface area contributed by atoms with Crippen molar-refractivity contribution in [1.82, 2.24) is 5.01 Å². The van der Waals surface area contributed by atoms with E-state index in [1.54, 1.807) is 0 Å². The van der Waals surface area contributed by atoms with E-state index in [0.717, 1.165) is 34.4 Å². The molecule has 1 amide bonds. The van der Waals surface area contributed by atoms with Crippen LogP contribution >= 0.6 is 0 Å². The molecule has 0 aromatic heterocycles. The van der Waals surface area contributed by atoms with Gasteiger partial charge in [0.1, 0.15) is 5.75 Å². The topological polar surface area (TPSA) is 59.0 Å². The molecule has 0 aliphatic carbocycles. The van der Waals surface area contributed by atoms with Crippen molar-refractivity contribution < 1.29 is 14.3 Å². The zero-order valence-corrected chi connectivity index (χ0v) is 16.0. The fourth-order valence-electron chi connectivity index (χ4n) is 3.06. The summed E-state index contributed by atoms with van der Waals surface area (Å²) in [4.78, 5) is 24.6. The van der Waals surface area contributed by atoms with E-state index in [1.165, 1.54) is 5.01 Å². The third-order valence-electron chi connectivity index (χ3n) is 4.83. The molecule has 5 heteroatoms. The van der Waals surface area contributed by atoms with Crippen LogP contribution in [0.3, 0.4) is 0 Å². The number of hydrogen-bond donors (Lipinski definition) is 0. The normalized spacial score (nSPS) is 13.4. The van der Waals surface area contributed by atoms with Crippen LogP contribution in [0.5, 0.6) is 5.75 Å². The van der Waals surface area contributed by atoms with Gasteiger partial charge in [0.15, 0.2) is 0 Å². The largest absolute Gasteiger partial charge is 0.426 e. The fourth-order valence-corrected chi connectivity index (χ4v) is 3.06. The monoisotopic (exact) mass is 364 g/mol. The van der Waals surface area contributed by atoms with Gasteiger partial charge in [0.2, 0.25) is 5.91 Å². The second kappa shape index (κ2) is 8.16. The Labute approximate surface area is 159 Å². The first-order valence-electron chi connectivity index (χ1n) is 9.16. The van der Waals surface area contributed by atoms with E-state index in [4.69, 9.17) is 4.74 Å². The molecule has 0 spiro atoms. The van der Waals surface area contributed by atoms with Crippen LogP contribution in [0, 0.1) is 20.8 Å². The fraction of sp³-hybridized carbons (Fsp3) is 0.318. The molecule has 140 valence electrons. The van der Waals surface area contributed by atoms with E-state index < -0.39 is 5.97 Å². The van der Waals surface area contributed by atoms with Crippen LogP contribution in [0.2, 0.25) is 0 Å². The summed E-state index contributed by atoms with van der Waals surface area (Å²) < 4.78 is 5.51. The molecule has 0 bridgehead atoms. The van der Waals surface area contributed by atoms with Crippen LogP contribution in [0.15, 0.2) is 47.6 Å². The minimum Gasteiger partial charge on any atom is -0.426 e. The van der Waals surface area contributed by atoms with Crippen molar-refractivity contribution in [3.05, 3.63) is 64.7 Å². The van der Waals surface area contributed by atoms with Crippen molar-refractivity contribution in [2.45, 2.75) is 40.0 Å². The Balaban J connectivity index is 1.56. The molecule has 0 saturated carbocycles. The number of nitrogens with zero attached hydrogens (tertiary/aromatic N) is 2. The molecule has 0 atom stereocenters. The van der Waals surface area contributed by atoms with Gasteiger partial charge < -0.3 is 4.74 Å². The van der Waals surface area contributed by atoms with Gasteiger partial charge in [-0.25, -0.2) is 5.01 Å². The van der Waals surface area contributed by atoms with Crippen molar-refractivity contribution in [1.29, 1.82) is 0 Å². The molecule has 1 aliphatic heterocycles. The molecule has 1 aliphatic rings. The molecule has 0 saturated heterocycles. The van der Waals surface area contributed by atoms with Crippen molar-refractivity contribution in [2.75, 3.05) is 6.54 Å². The van der Waals surface area contributed by atoms with Crippen molar-refractivity contribution in [3.8, 4) is 5.75 Å². The molecule has 0 fully saturated rings. The molecular formula is C22H24N2O3. The average molecular weight is 364 g/mol. The first-order chi connectivity index (χ1) is 13.0. The van der Waals surface area contributed by atoms with Gasteiger partial charge in [0.05, 0.1) is 18.7 Å². The van der Waals surface area contributed by atoms with Crippen LogP contribution in [0.1, 0.15) is 41.5 Å². The maximum absolute atomic E-state index is 12.4. The lowest BCUT2D eigenvalue weighted by molar-refractivity contribution is -0.138. The maximum Gasteiger partial charge on any atom is 0.311 e. The molecule has 2 aromatic rings. The number of carbonyl (C=O) groups excluding carboxylic acids is 2. The summed E-state index contributed by atoms with van der Waals surface area (Å²) in [5.74, 6) is 0.0418. The first-order valence-corrected chi connectivity index (χ1v) is 9.16. The summed E-state index contributed by atoms with van der Waals surface area (Å²) in [6, 6.07) is 13.8. The highest BCUT2D eigenvalue weighted by Crippen LogP contribution is 2.26. The highest BCUT2D eigenvalue weighted by Gasteiger charge is 2.22. The van der Waals surface area contributed by atoms with Crippen molar-refractivity contribution in [3.63, 3.8) is 0 Å². The van der Waals surface area contributed by atoms with Gasteiger partial charge in [-0.05, 0) is 43.0 Å². The van der Waals surface area contributed by atoms with Gasteiger partial charge in [-0.15, -0.1) is 0 Å². The Morgan fingerprint density at radius 1 is 1.00 bits per heavy atom. The summed E-state index contributed by atoms with van der Waals surface area (Å²) in [7, 11) is 0. The smallest absolute Gasteiger partial charge is 0.311 e. The Morgan fingerprint density at radius 3 is 2.44 bits per heavy atom. The average Bonchev–Trinajstić information content (AvgIpc) is 3.17. The molecule has 0 radical (unpaired) electrons. The minimum atomic E-state index is -0.397. The number of esters is 1. The Kier molecular flexibility index (Phi) is 5.69. The maximum atomic E-state index is 12.4. The van der Waals surface area contributed by atoms with Gasteiger partial charge in [0, 0.05) is 12.8 Å². The third-order valence-corrected chi connectivity index (χ3v) is 4.83. The van der Waals surface area contributed by atoms with E-state index >= 15 is 0 Å². The number of carbonyl (C=O) groups is 2. The summed E-state index contributed by atoms with van der Waals surface area (Å²) >= 11 is 0. The number of hydrazone groups is 1. The van der Waals surface area contributed by atoms with Gasteiger partial charge in [-0.2, -0.15) is 5.10 Å². The number of aryl methyl sites for hydroxylation is 2. The Bertz CT molecular complexity index is 888. The summed E-state index contributed by atoms with van der Waals surface area (Å²) in [5, 5.41) is 5.87. The van der Waals surface area contributed by atoms with Gasteiger partial charge in [-0.1, -0.05) is 42.5 Å². The molecule has 0 N–H and O–H groups in total. The lowest BCUT2D eigenvalue weighted by Gasteiger charge is -2.13. The van der Waals surface area contributed by atoms with E-state index in [9.17, 15) is 9.59 Å². The number of rotatable bonds is 5. The number of benzene rings is 2. The van der Waals surface area contributed by atoms with Gasteiger partial charge in [0.25, 0.3) is 0 Å². The highest BCUT2D eigenvalue weighted by atomic mass is 16.5. The number of hydrogen-bond acceptors (Lipinski definition) is 4. The standard InChI is InChI=1S/C22H24N2O3/c1-15-9-10-16(2)22(17(15)3)27-21(26)12-11-20(25)24-14-13-19(23-24)18-7-5-4-6-8-18/h4-10H,11-14H2,1-3H3. The van der Waals surface area contributed by atoms with Crippen molar-refractivity contribution in [2.24, 2.45) is 5.10 Å². The first kappa shape index (κ1) is 18.8. The summed E-state index contributed by atoms with van der Waals surface area (Å²) in [6.45, 7) is 6.37. The van der Waals surface area contributed by atoms with Gasteiger partial charge >= 0.3 is 5.97 Å². The Morgan fingerprint density at radius 2 is 1.70 bits per heavy atom. The molecule has 3 rings (SSSR count). The van der Waals surface area contributed by atoms with Crippen LogP contribution in [0.25, 0.3) is 0 Å². The highest BCUT2D eigenvalue weighted by molar-refractivity contribution is 6.02. The number of ether oxygens (including phenoxy) is 1.